The molecule has 1 saturated carbocycles. The van der Waals surface area contributed by atoms with Crippen molar-refractivity contribution in [1.29, 1.82) is 0 Å². The average molecular weight is 509 g/mol. The van der Waals surface area contributed by atoms with Crippen molar-refractivity contribution in [2.24, 2.45) is 0 Å². The zero-order valence-corrected chi connectivity index (χ0v) is 22.4. The Labute approximate surface area is 208 Å². The van der Waals surface area contributed by atoms with Crippen molar-refractivity contribution < 1.29 is 36.8 Å². The van der Waals surface area contributed by atoms with Gasteiger partial charge in [-0.2, -0.15) is 0 Å². The summed E-state index contributed by atoms with van der Waals surface area (Å²) in [5.41, 5.74) is 1.85. The van der Waals surface area contributed by atoms with Crippen LogP contribution in [0.1, 0.15) is 49.1 Å². The van der Waals surface area contributed by atoms with Crippen molar-refractivity contribution in [3.8, 4) is 28.7 Å². The summed E-state index contributed by atoms with van der Waals surface area (Å²) < 4.78 is 59.3. The molecule has 0 bridgehead atoms. The standard InChI is InChI=1S/C26H36O8S/c1-8-11-34-26-22(31-4)14-17(15-23(26)35(7,27)28)19-10-9-18(24(19)32-5)16-12-20(29-2)25(33-6)21(13-16)30-3/h12-15,18-19,24H,8-11H2,1-7H3/t18-,19+,24-/m0/s1. The van der Waals surface area contributed by atoms with Gasteiger partial charge in [0.15, 0.2) is 32.8 Å². The number of rotatable bonds is 11. The molecular weight excluding hydrogens is 472 g/mol. The van der Waals surface area contributed by atoms with Crippen LogP contribution in [0.15, 0.2) is 29.2 Å². The molecule has 2 aromatic carbocycles. The molecule has 0 N–H and O–H groups in total. The van der Waals surface area contributed by atoms with Crippen LogP contribution in [-0.4, -0.2) is 62.9 Å². The molecule has 0 spiro atoms. The molecule has 3 atom stereocenters. The Hall–Kier alpha value is -2.65. The minimum absolute atomic E-state index is 0.0429. The fraction of sp³-hybridized carbons (Fsp3) is 0.538. The SMILES string of the molecule is CCCOc1c(OC)cc([C@H]2CC[C@@H](c3cc(OC)c(OC)c(OC)c3)[C@@H]2OC)cc1S(C)(=O)=O. The van der Waals surface area contributed by atoms with E-state index in [1.54, 1.807) is 34.5 Å². The number of hydrogen-bond acceptors (Lipinski definition) is 8. The second kappa shape index (κ2) is 11.4. The summed E-state index contributed by atoms with van der Waals surface area (Å²) in [5, 5.41) is 0. The molecule has 1 aliphatic carbocycles. The summed E-state index contributed by atoms with van der Waals surface area (Å²) >= 11 is 0. The third-order valence-electron chi connectivity index (χ3n) is 6.51. The first-order chi connectivity index (χ1) is 16.7. The van der Waals surface area contributed by atoms with Gasteiger partial charge in [-0.1, -0.05) is 6.92 Å². The summed E-state index contributed by atoms with van der Waals surface area (Å²) in [4.78, 5) is 0.131. The maximum absolute atomic E-state index is 12.7. The molecule has 0 heterocycles. The predicted molar refractivity (Wildman–Crippen MR) is 134 cm³/mol. The lowest BCUT2D eigenvalue weighted by Crippen LogP contribution is -2.22. The Morgan fingerprint density at radius 2 is 1.26 bits per heavy atom. The van der Waals surface area contributed by atoms with Crippen LogP contribution in [0.25, 0.3) is 0 Å². The van der Waals surface area contributed by atoms with Gasteiger partial charge in [-0.15, -0.1) is 0 Å². The molecule has 0 saturated heterocycles. The normalized spacial score (nSPS) is 19.9. The smallest absolute Gasteiger partial charge is 0.203 e. The molecule has 194 valence electrons. The molecule has 8 nitrogen and oxygen atoms in total. The molecule has 3 rings (SSSR count). The fourth-order valence-electron chi connectivity index (χ4n) is 4.91. The van der Waals surface area contributed by atoms with Gasteiger partial charge in [0.05, 0.1) is 41.2 Å². The van der Waals surface area contributed by atoms with E-state index in [1.807, 2.05) is 25.1 Å². The molecule has 0 aromatic heterocycles. The third-order valence-corrected chi connectivity index (χ3v) is 7.61. The second-order valence-corrected chi connectivity index (χ2v) is 10.6. The summed E-state index contributed by atoms with van der Waals surface area (Å²) in [6.07, 6.45) is 3.38. The van der Waals surface area contributed by atoms with E-state index in [2.05, 4.69) is 0 Å². The van der Waals surface area contributed by atoms with Crippen LogP contribution in [0, 0.1) is 0 Å². The zero-order valence-electron chi connectivity index (χ0n) is 21.5. The van der Waals surface area contributed by atoms with Crippen LogP contribution in [0.4, 0.5) is 0 Å². The Morgan fingerprint density at radius 1 is 0.771 bits per heavy atom. The Bertz CT molecular complexity index is 1100. The number of methoxy groups -OCH3 is 5. The Morgan fingerprint density at radius 3 is 1.66 bits per heavy atom. The van der Waals surface area contributed by atoms with Crippen molar-refractivity contribution in [2.75, 3.05) is 48.4 Å². The maximum Gasteiger partial charge on any atom is 0.203 e. The van der Waals surface area contributed by atoms with Crippen molar-refractivity contribution in [3.05, 3.63) is 35.4 Å². The molecule has 35 heavy (non-hydrogen) atoms. The topological polar surface area (TPSA) is 89.5 Å². The first-order valence-electron chi connectivity index (χ1n) is 11.6. The van der Waals surface area contributed by atoms with Crippen LogP contribution in [0.2, 0.25) is 0 Å². The van der Waals surface area contributed by atoms with E-state index < -0.39 is 9.84 Å². The van der Waals surface area contributed by atoms with E-state index in [9.17, 15) is 8.42 Å². The number of sulfone groups is 1. The minimum Gasteiger partial charge on any atom is -0.493 e. The molecular formula is C26H36O8S. The number of ether oxygens (including phenoxy) is 6. The molecule has 0 aliphatic heterocycles. The van der Waals surface area contributed by atoms with Gasteiger partial charge in [-0.25, -0.2) is 8.42 Å². The Balaban J connectivity index is 2.07. The first-order valence-corrected chi connectivity index (χ1v) is 13.5. The van der Waals surface area contributed by atoms with Crippen molar-refractivity contribution in [1.82, 2.24) is 0 Å². The van der Waals surface area contributed by atoms with Gasteiger partial charge >= 0.3 is 0 Å². The third kappa shape index (κ3) is 5.46. The molecule has 1 fully saturated rings. The first kappa shape index (κ1) is 26.9. The van der Waals surface area contributed by atoms with E-state index in [4.69, 9.17) is 28.4 Å². The van der Waals surface area contributed by atoms with Gasteiger partial charge < -0.3 is 28.4 Å². The molecule has 0 unspecified atom stereocenters. The summed E-state index contributed by atoms with van der Waals surface area (Å²) in [6.45, 7) is 2.36. The predicted octanol–water partition coefficient (Wildman–Crippen LogP) is 4.59. The van der Waals surface area contributed by atoms with Crippen LogP contribution in [0.5, 0.6) is 28.7 Å². The lowest BCUT2D eigenvalue weighted by molar-refractivity contribution is 0.0804. The highest BCUT2D eigenvalue weighted by atomic mass is 32.2. The quantitative estimate of drug-likeness (QED) is 0.435. The van der Waals surface area contributed by atoms with Gasteiger partial charge in [0.25, 0.3) is 0 Å². The van der Waals surface area contributed by atoms with Crippen molar-refractivity contribution >= 4 is 9.84 Å². The minimum atomic E-state index is -3.56. The monoisotopic (exact) mass is 508 g/mol. The van der Waals surface area contributed by atoms with Crippen LogP contribution >= 0.6 is 0 Å². The van der Waals surface area contributed by atoms with Gasteiger partial charge in [-0.05, 0) is 54.7 Å². The van der Waals surface area contributed by atoms with E-state index >= 15 is 0 Å². The van der Waals surface area contributed by atoms with Gasteiger partial charge in [-0.3, -0.25) is 0 Å². The summed E-state index contributed by atoms with van der Waals surface area (Å²) in [6, 6.07) is 7.47. The Kier molecular flexibility index (Phi) is 8.77. The van der Waals surface area contributed by atoms with Gasteiger partial charge in [0.2, 0.25) is 5.75 Å². The highest BCUT2D eigenvalue weighted by Crippen LogP contribution is 2.50. The lowest BCUT2D eigenvalue weighted by Gasteiger charge is -2.26. The zero-order chi connectivity index (χ0) is 25.8. The largest absolute Gasteiger partial charge is 0.493 e. The van der Waals surface area contributed by atoms with E-state index in [0.29, 0.717) is 29.6 Å². The van der Waals surface area contributed by atoms with Crippen LogP contribution in [0.3, 0.4) is 0 Å². The number of hydrogen-bond donors (Lipinski definition) is 0. The maximum atomic E-state index is 12.7. The van der Waals surface area contributed by atoms with E-state index in [1.165, 1.54) is 13.4 Å². The molecule has 9 heteroatoms. The molecule has 0 amide bonds. The van der Waals surface area contributed by atoms with Crippen molar-refractivity contribution in [2.45, 2.75) is 49.0 Å². The highest BCUT2D eigenvalue weighted by Gasteiger charge is 2.40. The fourth-order valence-corrected chi connectivity index (χ4v) is 5.76. The average Bonchev–Trinajstić information content (AvgIpc) is 3.29. The lowest BCUT2D eigenvalue weighted by atomic mass is 9.89. The van der Waals surface area contributed by atoms with Crippen LogP contribution in [-0.2, 0) is 14.6 Å². The van der Waals surface area contributed by atoms with Crippen LogP contribution < -0.4 is 23.7 Å². The van der Waals surface area contributed by atoms with E-state index in [0.717, 1.165) is 30.4 Å². The number of benzene rings is 2. The molecule has 1 aliphatic rings. The van der Waals surface area contributed by atoms with Gasteiger partial charge in [0, 0.05) is 25.2 Å². The highest BCUT2D eigenvalue weighted by molar-refractivity contribution is 7.90. The van der Waals surface area contributed by atoms with E-state index in [-0.39, 0.29) is 28.6 Å². The summed E-state index contributed by atoms with van der Waals surface area (Å²) in [5.74, 6) is 2.36. The molecule has 0 radical (unpaired) electrons. The molecule has 2 aromatic rings. The van der Waals surface area contributed by atoms with Crippen molar-refractivity contribution in [3.63, 3.8) is 0 Å². The summed E-state index contributed by atoms with van der Waals surface area (Å²) in [7, 11) is 4.40. The van der Waals surface area contributed by atoms with Gasteiger partial charge in [0.1, 0.15) is 4.90 Å². The second-order valence-electron chi connectivity index (χ2n) is 8.62.